The lowest BCUT2D eigenvalue weighted by Crippen LogP contribution is -2.46. The van der Waals surface area contributed by atoms with Gasteiger partial charge in [0.25, 0.3) is 5.91 Å². The van der Waals surface area contributed by atoms with E-state index in [1.54, 1.807) is 62.5 Å². The number of para-hydroxylation sites is 1. The van der Waals surface area contributed by atoms with Gasteiger partial charge in [-0.3, -0.25) is 9.59 Å². The molecule has 4 heteroatoms. The number of amides is 1. The van der Waals surface area contributed by atoms with E-state index in [1.165, 1.54) is 4.90 Å². The molecule has 0 aromatic heterocycles. The quantitative estimate of drug-likeness (QED) is 0.884. The molecule has 0 radical (unpaired) electrons. The number of carbonyl (C=O) groups excluding carboxylic acids is 2. The van der Waals surface area contributed by atoms with Crippen LogP contribution in [0.2, 0.25) is 0 Å². The maximum absolute atomic E-state index is 12.7. The number of Topliss-reactive ketones (excluding diaryl/α,β-unsaturated/α-hetero) is 1. The van der Waals surface area contributed by atoms with Crippen LogP contribution in [0.5, 0.6) is 0 Å². The molecule has 3 rings (SSSR count). The van der Waals surface area contributed by atoms with Gasteiger partial charge in [-0.25, -0.2) is 0 Å². The number of benzene rings is 2. The summed E-state index contributed by atoms with van der Waals surface area (Å²) < 4.78 is 0. The molecule has 2 atom stereocenters. The topological polar surface area (TPSA) is 57.6 Å². The van der Waals surface area contributed by atoms with Crippen molar-refractivity contribution in [1.29, 1.82) is 0 Å². The van der Waals surface area contributed by atoms with Crippen molar-refractivity contribution < 1.29 is 14.7 Å². The van der Waals surface area contributed by atoms with Crippen LogP contribution in [0.4, 0.5) is 5.69 Å². The van der Waals surface area contributed by atoms with Crippen LogP contribution in [0.25, 0.3) is 0 Å². The standard InChI is InChI=1S/C18H17NO3/c1-12(16(20)13-8-4-3-5-9-13)18(22)14-10-6-7-11-15(14)19(2)17(18)21/h3-12,22H,1-2H3/t12-,18+/m1/s1. The lowest BCUT2D eigenvalue weighted by Gasteiger charge is -2.28. The normalized spacial score (nSPS) is 21.6. The first-order valence-corrected chi connectivity index (χ1v) is 7.17. The molecule has 1 heterocycles. The summed E-state index contributed by atoms with van der Waals surface area (Å²) in [5.74, 6) is -1.58. The van der Waals surface area contributed by atoms with E-state index in [4.69, 9.17) is 0 Å². The third-order valence-corrected chi connectivity index (χ3v) is 4.38. The highest BCUT2D eigenvalue weighted by Crippen LogP contribution is 2.44. The molecule has 0 bridgehead atoms. The summed E-state index contributed by atoms with van der Waals surface area (Å²) in [5, 5.41) is 11.1. The summed E-state index contributed by atoms with van der Waals surface area (Å²) >= 11 is 0. The maximum atomic E-state index is 12.7. The van der Waals surface area contributed by atoms with E-state index < -0.39 is 17.4 Å². The molecule has 1 amide bonds. The van der Waals surface area contributed by atoms with Crippen molar-refractivity contribution >= 4 is 17.4 Å². The van der Waals surface area contributed by atoms with E-state index in [0.29, 0.717) is 16.8 Å². The highest BCUT2D eigenvalue weighted by Gasteiger charge is 2.54. The second-order valence-electron chi connectivity index (χ2n) is 5.60. The molecule has 1 N–H and O–H groups in total. The molecule has 2 aromatic rings. The number of hydrogen-bond donors (Lipinski definition) is 1. The summed E-state index contributed by atoms with van der Waals surface area (Å²) in [6.45, 7) is 1.60. The first kappa shape index (κ1) is 14.5. The van der Waals surface area contributed by atoms with Crippen LogP contribution in [0.3, 0.4) is 0 Å². The molecule has 0 fully saturated rings. The van der Waals surface area contributed by atoms with Gasteiger partial charge in [0.1, 0.15) is 0 Å². The first-order valence-electron chi connectivity index (χ1n) is 7.17. The van der Waals surface area contributed by atoms with Crippen LogP contribution < -0.4 is 4.90 Å². The molecule has 112 valence electrons. The SMILES string of the molecule is C[C@H](C(=O)c1ccccc1)[C@@]1(O)C(=O)N(C)c2ccccc21. The van der Waals surface area contributed by atoms with E-state index in [0.717, 1.165) is 0 Å². The van der Waals surface area contributed by atoms with Gasteiger partial charge in [0, 0.05) is 18.2 Å². The van der Waals surface area contributed by atoms with Crippen LogP contribution in [-0.2, 0) is 10.4 Å². The van der Waals surface area contributed by atoms with Gasteiger partial charge in [0.2, 0.25) is 0 Å². The fourth-order valence-electron chi connectivity index (χ4n) is 3.03. The van der Waals surface area contributed by atoms with Gasteiger partial charge < -0.3 is 10.0 Å². The molecule has 0 saturated heterocycles. The fraction of sp³-hybridized carbons (Fsp3) is 0.222. The Morgan fingerprint density at radius 3 is 2.36 bits per heavy atom. The zero-order valence-corrected chi connectivity index (χ0v) is 12.5. The Morgan fingerprint density at radius 1 is 1.09 bits per heavy atom. The number of anilines is 1. The number of ketones is 1. The molecule has 22 heavy (non-hydrogen) atoms. The zero-order chi connectivity index (χ0) is 15.9. The minimum Gasteiger partial charge on any atom is -0.375 e. The molecule has 0 aliphatic carbocycles. The van der Waals surface area contributed by atoms with E-state index >= 15 is 0 Å². The predicted molar refractivity (Wildman–Crippen MR) is 83.7 cm³/mol. The predicted octanol–water partition coefficient (Wildman–Crippen LogP) is 2.37. The smallest absolute Gasteiger partial charge is 0.264 e. The third kappa shape index (κ3) is 1.88. The number of carbonyl (C=O) groups is 2. The lowest BCUT2D eigenvalue weighted by atomic mass is 9.79. The van der Waals surface area contributed by atoms with Crippen molar-refractivity contribution in [2.45, 2.75) is 12.5 Å². The molecular weight excluding hydrogens is 278 g/mol. The summed E-state index contributed by atoms with van der Waals surface area (Å²) in [5.41, 5.74) is -0.205. The van der Waals surface area contributed by atoms with Gasteiger partial charge in [-0.15, -0.1) is 0 Å². The second-order valence-corrected chi connectivity index (χ2v) is 5.60. The number of nitrogens with zero attached hydrogens (tertiary/aromatic N) is 1. The van der Waals surface area contributed by atoms with Crippen molar-refractivity contribution in [2.24, 2.45) is 5.92 Å². The number of rotatable bonds is 3. The summed E-state index contributed by atoms with van der Waals surface area (Å²) in [6, 6.07) is 15.8. The van der Waals surface area contributed by atoms with Gasteiger partial charge in [0.05, 0.1) is 11.6 Å². The number of fused-ring (bicyclic) bond motifs is 1. The Morgan fingerprint density at radius 2 is 1.68 bits per heavy atom. The van der Waals surface area contributed by atoms with Crippen molar-refractivity contribution in [3.8, 4) is 0 Å². The Bertz CT molecular complexity index is 741. The highest BCUT2D eigenvalue weighted by molar-refractivity contribution is 6.11. The van der Waals surface area contributed by atoms with Crippen LogP contribution in [0.15, 0.2) is 54.6 Å². The van der Waals surface area contributed by atoms with Gasteiger partial charge >= 0.3 is 0 Å². The van der Waals surface area contributed by atoms with E-state index in [2.05, 4.69) is 0 Å². The molecule has 1 aliphatic rings. The van der Waals surface area contributed by atoms with Crippen LogP contribution in [-0.4, -0.2) is 23.8 Å². The highest BCUT2D eigenvalue weighted by atomic mass is 16.3. The van der Waals surface area contributed by atoms with E-state index in [1.807, 2.05) is 6.07 Å². The number of likely N-dealkylation sites (N-methyl/N-ethyl adjacent to an activating group) is 1. The summed E-state index contributed by atoms with van der Waals surface area (Å²) in [4.78, 5) is 26.7. The minimum absolute atomic E-state index is 0.249. The third-order valence-electron chi connectivity index (χ3n) is 4.38. The molecule has 2 aromatic carbocycles. The van der Waals surface area contributed by atoms with Gasteiger partial charge in [-0.2, -0.15) is 0 Å². The lowest BCUT2D eigenvalue weighted by molar-refractivity contribution is -0.139. The Balaban J connectivity index is 2.07. The molecule has 1 aliphatic heterocycles. The van der Waals surface area contributed by atoms with E-state index in [-0.39, 0.29) is 5.78 Å². The van der Waals surface area contributed by atoms with Crippen molar-refractivity contribution in [2.75, 3.05) is 11.9 Å². The van der Waals surface area contributed by atoms with Crippen LogP contribution in [0.1, 0.15) is 22.8 Å². The molecular formula is C18H17NO3. The average Bonchev–Trinajstić information content (AvgIpc) is 2.77. The van der Waals surface area contributed by atoms with Crippen molar-refractivity contribution in [3.63, 3.8) is 0 Å². The van der Waals surface area contributed by atoms with E-state index in [9.17, 15) is 14.7 Å². The van der Waals surface area contributed by atoms with Gasteiger partial charge in [-0.05, 0) is 6.07 Å². The Kier molecular flexibility index (Phi) is 3.34. The second kappa shape index (κ2) is 5.07. The number of hydrogen-bond acceptors (Lipinski definition) is 3. The maximum Gasteiger partial charge on any atom is 0.264 e. The molecule has 0 spiro atoms. The zero-order valence-electron chi connectivity index (χ0n) is 12.5. The fourth-order valence-corrected chi connectivity index (χ4v) is 3.03. The largest absolute Gasteiger partial charge is 0.375 e. The molecule has 0 unspecified atom stereocenters. The van der Waals surface area contributed by atoms with Gasteiger partial charge in [0.15, 0.2) is 11.4 Å². The van der Waals surface area contributed by atoms with Crippen molar-refractivity contribution in [3.05, 3.63) is 65.7 Å². The average molecular weight is 295 g/mol. The van der Waals surface area contributed by atoms with Crippen LogP contribution in [0, 0.1) is 5.92 Å². The minimum atomic E-state index is -1.82. The Hall–Kier alpha value is -2.46. The Labute approximate surface area is 129 Å². The molecule has 0 saturated carbocycles. The monoisotopic (exact) mass is 295 g/mol. The summed E-state index contributed by atoms with van der Waals surface area (Å²) in [6.07, 6.45) is 0. The number of aliphatic hydroxyl groups is 1. The van der Waals surface area contributed by atoms with Crippen molar-refractivity contribution in [1.82, 2.24) is 0 Å². The molecule has 4 nitrogen and oxygen atoms in total. The summed E-state index contributed by atoms with van der Waals surface area (Å²) in [7, 11) is 1.61. The van der Waals surface area contributed by atoms with Crippen LogP contribution >= 0.6 is 0 Å². The first-order chi connectivity index (χ1) is 10.5. The van der Waals surface area contributed by atoms with Gasteiger partial charge in [-0.1, -0.05) is 55.5 Å².